The second kappa shape index (κ2) is 15.3. The number of benzene rings is 3. The zero-order chi connectivity index (χ0) is 37.1. The molecule has 1 saturated heterocycles. The number of H-pyrrole nitrogens is 2. The summed E-state index contributed by atoms with van der Waals surface area (Å²) >= 11 is 14.5. The van der Waals surface area contributed by atoms with Crippen LogP contribution in [0.25, 0.3) is 22.1 Å². The summed E-state index contributed by atoms with van der Waals surface area (Å²) in [5.74, 6) is -1.06. The van der Waals surface area contributed by atoms with E-state index in [9.17, 15) is 19.8 Å². The Kier molecular flexibility index (Phi) is 10.4. The molecule has 1 amide bonds. The molecule has 8 rings (SSSR count). The van der Waals surface area contributed by atoms with Crippen molar-refractivity contribution in [1.29, 1.82) is 0 Å². The lowest BCUT2D eigenvalue weighted by molar-refractivity contribution is -0.140. The lowest BCUT2D eigenvalue weighted by atomic mass is 9.84. The number of carbonyl (C=O) groups is 2. The maximum absolute atomic E-state index is 13.8. The molecule has 0 radical (unpaired) electrons. The number of carboxylic acid groups (broad SMARTS) is 1. The first-order valence-corrected chi connectivity index (χ1v) is 18.2. The van der Waals surface area contributed by atoms with Crippen LogP contribution in [0.5, 0.6) is 0 Å². The minimum absolute atomic E-state index is 0.0696. The van der Waals surface area contributed by atoms with Crippen LogP contribution >= 0.6 is 40.4 Å². The molecule has 13 nitrogen and oxygen atoms in total. The molecule has 1 aliphatic rings. The third-order valence-corrected chi connectivity index (χ3v) is 10.7. The summed E-state index contributed by atoms with van der Waals surface area (Å²) in [4.78, 5) is 35.8. The second-order valence-electron chi connectivity index (χ2n) is 12.5. The number of aliphatic carboxylic acids is 1. The lowest BCUT2D eigenvalue weighted by Crippen LogP contribution is -2.47. The number of aliphatic hydroxyl groups is 1. The normalized spacial score (nSPS) is 15.0. The molecular weight excluding hydrogens is 779 g/mol. The zero-order valence-corrected chi connectivity index (χ0v) is 31.1. The summed E-state index contributed by atoms with van der Waals surface area (Å²) in [5, 5.41) is 35.5. The molecule has 53 heavy (non-hydrogen) atoms. The van der Waals surface area contributed by atoms with Crippen LogP contribution in [-0.4, -0.2) is 79.6 Å². The Hall–Kier alpha value is -5.42. The number of aromatic amines is 2. The summed E-state index contributed by atoms with van der Waals surface area (Å²) < 4.78 is 5.05. The number of rotatable bonds is 7. The zero-order valence-electron chi connectivity index (χ0n) is 27.9. The number of amides is 1. The molecule has 4 N–H and O–H groups in total. The van der Waals surface area contributed by atoms with Gasteiger partial charge in [-0.2, -0.15) is 10.2 Å². The van der Waals surface area contributed by atoms with Gasteiger partial charge in [-0.1, -0.05) is 113 Å². The van der Waals surface area contributed by atoms with Crippen LogP contribution in [0, 0.1) is 9.28 Å². The van der Waals surface area contributed by atoms with Gasteiger partial charge in [0.2, 0.25) is 5.91 Å². The Bertz CT molecular complexity index is 2510. The molecule has 1 aliphatic heterocycles. The van der Waals surface area contributed by atoms with Crippen molar-refractivity contribution >= 4 is 74.3 Å². The molecule has 0 bridgehead atoms. The van der Waals surface area contributed by atoms with Gasteiger partial charge in [-0.3, -0.25) is 15.0 Å². The Morgan fingerprint density at radius 3 is 1.70 bits per heavy atom. The van der Waals surface area contributed by atoms with E-state index in [0.717, 1.165) is 15.6 Å². The number of halogens is 1. The van der Waals surface area contributed by atoms with Crippen molar-refractivity contribution < 1.29 is 19.8 Å². The molecule has 5 heterocycles. The molecular formula is C37H32BrN9O4S2. The number of hydrogen-bond acceptors (Lipinski definition) is 9. The van der Waals surface area contributed by atoms with Crippen molar-refractivity contribution in [3.8, 4) is 0 Å². The number of carboxylic acids is 1. The number of nitrogens with one attached hydrogen (secondary N) is 2. The molecule has 0 saturated carbocycles. The van der Waals surface area contributed by atoms with E-state index >= 15 is 0 Å². The summed E-state index contributed by atoms with van der Waals surface area (Å²) in [5.41, 5.74) is 2.52. The van der Waals surface area contributed by atoms with E-state index in [2.05, 4.69) is 46.3 Å². The van der Waals surface area contributed by atoms with Crippen molar-refractivity contribution in [2.24, 2.45) is 0 Å². The van der Waals surface area contributed by atoms with Crippen LogP contribution in [0.15, 0.2) is 114 Å². The van der Waals surface area contributed by atoms with Crippen LogP contribution in [-0.2, 0) is 15.2 Å². The first-order chi connectivity index (χ1) is 25.6. The lowest BCUT2D eigenvalue weighted by Gasteiger charge is -2.40. The minimum atomic E-state index is -0.989. The Morgan fingerprint density at radius 1 is 0.736 bits per heavy atom. The maximum Gasteiger partial charge on any atom is 0.331 e. The van der Waals surface area contributed by atoms with Crippen molar-refractivity contribution in [2.75, 3.05) is 13.1 Å². The average Bonchev–Trinajstić information content (AvgIpc) is 3.87. The van der Waals surface area contributed by atoms with Crippen molar-refractivity contribution in [3.05, 3.63) is 140 Å². The molecule has 3 aromatic carbocycles. The van der Waals surface area contributed by atoms with E-state index in [1.165, 1.54) is 10.9 Å². The standard InChI is InChI=1S/C24H22BrN5O2S.C13H10N4O2S/c25-18-8-6-17(7-9-18)24(32)10-12-29(13-11-24)22(31)20(16-4-2-1-3-5-16)30-15-26-21-19(23(30)33)14-27-28-21;18-13(19)10(8-4-2-1-3-5-8)17-7-14-11-9(12(17)20)6-15-16-11/h1-9,14-15,20,32H,10-13H2,(H,27,28);1-7,10H,(H,15,16)(H,18,19). The fraction of sp³-hybridized carbons (Fsp3) is 0.189. The van der Waals surface area contributed by atoms with Gasteiger partial charge >= 0.3 is 5.97 Å². The molecule has 4 aromatic heterocycles. The highest BCUT2D eigenvalue weighted by Gasteiger charge is 2.38. The summed E-state index contributed by atoms with van der Waals surface area (Å²) in [6, 6.07) is 24.7. The fourth-order valence-corrected chi connectivity index (χ4v) is 7.36. The molecule has 0 aliphatic carbocycles. The van der Waals surface area contributed by atoms with Gasteiger partial charge in [-0.25, -0.2) is 14.8 Å². The monoisotopic (exact) mass is 809 g/mol. The van der Waals surface area contributed by atoms with Gasteiger partial charge in [0.05, 0.1) is 41.4 Å². The summed E-state index contributed by atoms with van der Waals surface area (Å²) in [6.07, 6.45) is 7.13. The van der Waals surface area contributed by atoms with E-state index in [1.807, 2.05) is 65.6 Å². The molecule has 2 atom stereocenters. The SMILES string of the molecule is O=C(C(c1ccccc1)n1cnc2[nH]ncc2c1=S)N1CCC(O)(c2ccc(Br)cc2)CC1.O=C(O)C(c1ccccc1)n1cnc2[nH]ncc2c1=S. The van der Waals surface area contributed by atoms with Crippen LogP contribution in [0.3, 0.4) is 0 Å². The van der Waals surface area contributed by atoms with E-state index in [-0.39, 0.29) is 5.91 Å². The van der Waals surface area contributed by atoms with Gasteiger partial charge in [0.15, 0.2) is 17.3 Å². The first kappa shape index (κ1) is 36.0. The summed E-state index contributed by atoms with van der Waals surface area (Å²) in [6.45, 7) is 0.896. The van der Waals surface area contributed by atoms with Crippen molar-refractivity contribution in [2.45, 2.75) is 30.5 Å². The molecule has 7 aromatic rings. The summed E-state index contributed by atoms with van der Waals surface area (Å²) in [7, 11) is 0. The average molecular weight is 811 g/mol. The maximum atomic E-state index is 13.8. The highest BCUT2D eigenvalue weighted by atomic mass is 79.9. The van der Waals surface area contributed by atoms with Crippen LogP contribution in [0.4, 0.5) is 0 Å². The predicted octanol–water partition coefficient (Wildman–Crippen LogP) is 6.51. The third kappa shape index (κ3) is 7.30. The first-order valence-electron chi connectivity index (χ1n) is 16.5. The van der Waals surface area contributed by atoms with Gasteiger partial charge in [0.25, 0.3) is 0 Å². The van der Waals surface area contributed by atoms with Gasteiger partial charge in [0, 0.05) is 17.6 Å². The Morgan fingerprint density at radius 2 is 1.21 bits per heavy atom. The smallest absolute Gasteiger partial charge is 0.331 e. The van der Waals surface area contributed by atoms with Crippen LogP contribution < -0.4 is 0 Å². The molecule has 2 unspecified atom stereocenters. The molecule has 1 fully saturated rings. The van der Waals surface area contributed by atoms with Crippen LogP contribution in [0.2, 0.25) is 0 Å². The number of likely N-dealkylation sites (tertiary alicyclic amines) is 1. The van der Waals surface area contributed by atoms with Gasteiger partial charge in [-0.05, 0) is 41.7 Å². The van der Waals surface area contributed by atoms with E-state index < -0.39 is 23.7 Å². The van der Waals surface area contributed by atoms with E-state index in [1.54, 1.807) is 47.6 Å². The highest BCUT2D eigenvalue weighted by molar-refractivity contribution is 9.10. The molecule has 16 heteroatoms. The topological polar surface area (TPSA) is 171 Å². The molecule has 268 valence electrons. The number of carbonyl (C=O) groups excluding carboxylic acids is 1. The Labute approximate surface area is 321 Å². The number of piperidine rings is 1. The van der Waals surface area contributed by atoms with Gasteiger partial charge < -0.3 is 24.2 Å². The van der Waals surface area contributed by atoms with Crippen LogP contribution in [0.1, 0.15) is 41.6 Å². The largest absolute Gasteiger partial charge is 0.479 e. The number of hydrogen-bond donors (Lipinski definition) is 4. The third-order valence-electron chi connectivity index (χ3n) is 9.33. The van der Waals surface area contributed by atoms with Crippen molar-refractivity contribution in [3.63, 3.8) is 0 Å². The Balaban J connectivity index is 0.000000186. The van der Waals surface area contributed by atoms with Crippen molar-refractivity contribution in [1.82, 2.24) is 44.4 Å². The van der Waals surface area contributed by atoms with Gasteiger partial charge in [0.1, 0.15) is 15.3 Å². The number of nitrogens with zero attached hydrogens (tertiary/aromatic N) is 7. The van der Waals surface area contributed by atoms with E-state index in [4.69, 9.17) is 24.4 Å². The highest BCUT2D eigenvalue weighted by Crippen LogP contribution is 2.35. The minimum Gasteiger partial charge on any atom is -0.479 e. The predicted molar refractivity (Wildman–Crippen MR) is 206 cm³/mol. The number of aromatic nitrogens is 8. The van der Waals surface area contributed by atoms with Gasteiger partial charge in [-0.15, -0.1) is 0 Å². The number of fused-ring (bicyclic) bond motifs is 2. The second-order valence-corrected chi connectivity index (χ2v) is 14.2. The fourth-order valence-electron chi connectivity index (χ4n) is 6.49. The van der Waals surface area contributed by atoms with E-state index in [0.29, 0.717) is 62.8 Å². The molecule has 0 spiro atoms. The quantitative estimate of drug-likeness (QED) is 0.130.